The molecule has 5 rings (SSSR count). The summed E-state index contributed by atoms with van der Waals surface area (Å²) in [6.07, 6.45) is 6.87. The predicted octanol–water partition coefficient (Wildman–Crippen LogP) is 4.39. The topological polar surface area (TPSA) is 101 Å². The molecule has 1 saturated heterocycles. The molecule has 0 bridgehead atoms. The van der Waals surface area contributed by atoms with E-state index in [1.807, 2.05) is 29.3 Å². The number of aromatic amines is 1. The number of aromatic nitrogens is 1. The minimum Gasteiger partial charge on any atom is -0.431 e. The summed E-state index contributed by atoms with van der Waals surface area (Å²) in [4.78, 5) is 18.7. The SMILES string of the molecule is CC(CC(=O)N1CCCC2C(O)CCCC21)c1c[nH]c2cccc(-c3ccc(F)o3)c12.O.[W]. The zero-order chi connectivity index (χ0) is 21.5. The number of likely N-dealkylation sites (tertiary alicyclic amines) is 1. The Morgan fingerprint density at radius 3 is 2.82 bits per heavy atom. The number of aliphatic hydroxyl groups excluding tert-OH is 1. The first-order valence-electron chi connectivity index (χ1n) is 11.4. The van der Waals surface area contributed by atoms with E-state index in [1.165, 1.54) is 6.07 Å². The van der Waals surface area contributed by atoms with Crippen molar-refractivity contribution in [1.29, 1.82) is 0 Å². The third-order valence-corrected chi connectivity index (χ3v) is 7.23. The van der Waals surface area contributed by atoms with Gasteiger partial charge in [0.15, 0.2) is 0 Å². The first kappa shape index (κ1) is 25.7. The van der Waals surface area contributed by atoms with E-state index in [1.54, 1.807) is 6.07 Å². The van der Waals surface area contributed by atoms with E-state index in [4.69, 9.17) is 4.42 Å². The summed E-state index contributed by atoms with van der Waals surface area (Å²) in [6, 6.07) is 8.33. The summed E-state index contributed by atoms with van der Waals surface area (Å²) in [5, 5.41) is 11.4. The Balaban J connectivity index is 0.00000153. The van der Waals surface area contributed by atoms with Crippen molar-refractivity contribution in [2.75, 3.05) is 6.54 Å². The van der Waals surface area contributed by atoms with Gasteiger partial charge >= 0.3 is 0 Å². The first-order valence-corrected chi connectivity index (χ1v) is 11.4. The van der Waals surface area contributed by atoms with E-state index in [-0.39, 0.29) is 56.4 Å². The second-order valence-corrected chi connectivity index (χ2v) is 9.14. The van der Waals surface area contributed by atoms with E-state index in [0.29, 0.717) is 12.2 Å². The number of rotatable bonds is 4. The van der Waals surface area contributed by atoms with Gasteiger partial charge in [-0.1, -0.05) is 19.1 Å². The Morgan fingerprint density at radius 2 is 2.06 bits per heavy atom. The van der Waals surface area contributed by atoms with Crippen LogP contribution in [0.4, 0.5) is 4.39 Å². The largest absolute Gasteiger partial charge is 0.431 e. The average molecular weight is 626 g/mol. The maximum absolute atomic E-state index is 13.5. The van der Waals surface area contributed by atoms with Crippen molar-refractivity contribution in [2.24, 2.45) is 5.92 Å². The zero-order valence-corrected chi connectivity index (χ0v) is 21.7. The third kappa shape index (κ3) is 4.82. The van der Waals surface area contributed by atoms with Crippen molar-refractivity contribution in [3.05, 3.63) is 48.1 Å². The second-order valence-electron chi connectivity index (χ2n) is 9.14. The molecule has 4 atom stereocenters. The normalized spacial score (nSPS) is 23.4. The van der Waals surface area contributed by atoms with Crippen molar-refractivity contribution >= 4 is 16.8 Å². The molecular weight excluding hydrogens is 595 g/mol. The number of carbonyl (C=O) groups is 1. The summed E-state index contributed by atoms with van der Waals surface area (Å²) in [6.45, 7) is 2.85. The monoisotopic (exact) mass is 626 g/mol. The number of carbonyl (C=O) groups excluding carboxylic acids is 1. The Hall–Kier alpha value is -1.95. The minimum absolute atomic E-state index is 0. The molecule has 1 saturated carbocycles. The molecule has 4 unspecified atom stereocenters. The van der Waals surface area contributed by atoms with Gasteiger partial charge in [0.2, 0.25) is 5.91 Å². The maximum Gasteiger partial charge on any atom is 0.278 e. The van der Waals surface area contributed by atoms with E-state index >= 15 is 0 Å². The number of nitrogens with zero attached hydrogens (tertiary/aromatic N) is 1. The van der Waals surface area contributed by atoms with Crippen LogP contribution >= 0.6 is 0 Å². The van der Waals surface area contributed by atoms with Gasteiger partial charge in [-0.3, -0.25) is 4.79 Å². The summed E-state index contributed by atoms with van der Waals surface area (Å²) in [7, 11) is 0. The third-order valence-electron chi connectivity index (χ3n) is 7.23. The number of benzene rings is 1. The number of hydrogen-bond donors (Lipinski definition) is 2. The van der Waals surface area contributed by atoms with Gasteiger partial charge in [-0.2, -0.15) is 4.39 Å². The first-order chi connectivity index (χ1) is 15.0. The van der Waals surface area contributed by atoms with E-state index in [9.17, 15) is 14.3 Å². The van der Waals surface area contributed by atoms with Crippen LogP contribution in [0.25, 0.3) is 22.2 Å². The number of piperidine rings is 1. The van der Waals surface area contributed by atoms with Crippen LogP contribution in [0.5, 0.6) is 0 Å². The fraction of sp³-hybridized carbons (Fsp3) is 0.480. The average Bonchev–Trinajstić information content (AvgIpc) is 3.40. The molecule has 2 fully saturated rings. The zero-order valence-electron chi connectivity index (χ0n) is 18.7. The number of furan rings is 1. The second kappa shape index (κ2) is 10.5. The molecule has 2 aromatic heterocycles. The van der Waals surface area contributed by atoms with Gasteiger partial charge in [0.25, 0.3) is 6.01 Å². The number of H-pyrrole nitrogens is 1. The molecule has 6 nitrogen and oxygen atoms in total. The Kier molecular flexibility index (Phi) is 8.20. The number of halogens is 1. The van der Waals surface area contributed by atoms with Crippen LogP contribution in [-0.4, -0.2) is 45.1 Å². The van der Waals surface area contributed by atoms with Gasteiger partial charge < -0.3 is 24.9 Å². The van der Waals surface area contributed by atoms with Crippen molar-refractivity contribution in [3.8, 4) is 11.3 Å². The number of fused-ring (bicyclic) bond motifs is 2. The molecular formula is C25H31FN2O4W. The Morgan fingerprint density at radius 1 is 1.24 bits per heavy atom. The molecule has 0 spiro atoms. The van der Waals surface area contributed by atoms with Crippen LogP contribution in [-0.2, 0) is 25.9 Å². The van der Waals surface area contributed by atoms with E-state index in [0.717, 1.165) is 60.7 Å². The summed E-state index contributed by atoms with van der Waals surface area (Å²) < 4.78 is 18.7. The minimum atomic E-state index is -0.610. The number of amides is 1. The van der Waals surface area contributed by atoms with Crippen LogP contribution in [0.15, 0.2) is 40.9 Å². The molecule has 3 heterocycles. The summed E-state index contributed by atoms with van der Waals surface area (Å²) in [5.41, 5.74) is 2.80. The van der Waals surface area contributed by atoms with E-state index < -0.39 is 6.01 Å². The number of hydrogen-bond acceptors (Lipinski definition) is 3. The Labute approximate surface area is 207 Å². The molecule has 2 aliphatic rings. The van der Waals surface area contributed by atoms with Crippen molar-refractivity contribution < 1.29 is 45.3 Å². The van der Waals surface area contributed by atoms with Gasteiger partial charge in [0.05, 0.1) is 6.10 Å². The molecule has 178 valence electrons. The molecule has 0 radical (unpaired) electrons. The van der Waals surface area contributed by atoms with Gasteiger partial charge in [0, 0.05) is 74.7 Å². The number of nitrogens with one attached hydrogen (secondary N) is 1. The van der Waals surface area contributed by atoms with Crippen LogP contribution in [0.1, 0.15) is 56.9 Å². The molecule has 33 heavy (non-hydrogen) atoms. The van der Waals surface area contributed by atoms with Crippen molar-refractivity contribution in [3.63, 3.8) is 0 Å². The molecule has 1 aromatic carbocycles. The van der Waals surface area contributed by atoms with Crippen LogP contribution in [0.2, 0.25) is 0 Å². The summed E-state index contributed by atoms with van der Waals surface area (Å²) >= 11 is 0. The molecule has 4 N–H and O–H groups in total. The molecule has 1 amide bonds. The van der Waals surface area contributed by atoms with E-state index in [2.05, 4.69) is 11.9 Å². The summed E-state index contributed by atoms with van der Waals surface area (Å²) in [5.74, 6) is 0.858. The molecule has 1 aliphatic carbocycles. The quantitative estimate of drug-likeness (QED) is 0.450. The Bertz CT molecular complexity index is 1100. The van der Waals surface area contributed by atoms with Crippen molar-refractivity contribution in [2.45, 2.75) is 63.5 Å². The fourth-order valence-electron chi connectivity index (χ4n) is 5.72. The van der Waals surface area contributed by atoms with Crippen LogP contribution < -0.4 is 0 Å². The molecule has 3 aromatic rings. The predicted molar refractivity (Wildman–Crippen MR) is 121 cm³/mol. The molecule has 8 heteroatoms. The van der Waals surface area contributed by atoms with Gasteiger partial charge in [0.1, 0.15) is 5.76 Å². The number of aliphatic hydroxyl groups is 1. The van der Waals surface area contributed by atoms with Crippen molar-refractivity contribution in [1.82, 2.24) is 9.88 Å². The standard InChI is InChI=1S/C25H29FN2O3.H2O.W/c1-15(13-24(30)28-12-4-6-16-20(28)8-3-9-21(16)29)18-14-27-19-7-2-5-17(25(18)19)22-10-11-23(26)31-22;;/h2,5,7,10-11,14-16,20-21,27,29H,3-4,6,8-9,12-13H2,1H3;1H2;. The smallest absolute Gasteiger partial charge is 0.278 e. The van der Waals surface area contributed by atoms with Gasteiger partial charge in [-0.15, -0.1) is 0 Å². The molecule has 1 aliphatic heterocycles. The van der Waals surface area contributed by atoms with Crippen LogP contribution in [0, 0.1) is 11.9 Å². The van der Waals surface area contributed by atoms with Crippen LogP contribution in [0.3, 0.4) is 0 Å². The fourth-order valence-corrected chi connectivity index (χ4v) is 5.72. The maximum atomic E-state index is 13.5. The van der Waals surface area contributed by atoms with Gasteiger partial charge in [-0.05, 0) is 55.7 Å². The van der Waals surface area contributed by atoms with Gasteiger partial charge in [-0.25, -0.2) is 0 Å².